The Kier molecular flexibility index (Phi) is 6.86. The van der Waals surface area contributed by atoms with Crippen LogP contribution in [0.4, 0.5) is 0 Å². The van der Waals surface area contributed by atoms with Crippen LogP contribution in [-0.4, -0.2) is 12.6 Å². The van der Waals surface area contributed by atoms with Crippen LogP contribution in [0.3, 0.4) is 0 Å². The van der Waals surface area contributed by atoms with Gasteiger partial charge in [0.15, 0.2) is 0 Å². The van der Waals surface area contributed by atoms with Crippen molar-refractivity contribution in [2.75, 3.05) is 6.61 Å². The molecule has 22 heavy (non-hydrogen) atoms. The van der Waals surface area contributed by atoms with Gasteiger partial charge in [0.25, 0.3) is 0 Å². The number of esters is 1. The summed E-state index contributed by atoms with van der Waals surface area (Å²) in [5, 5.41) is 0. The van der Waals surface area contributed by atoms with Gasteiger partial charge in [-0.1, -0.05) is 37.6 Å². The molecule has 0 radical (unpaired) electrons. The van der Waals surface area contributed by atoms with Gasteiger partial charge in [-0.15, -0.1) is 0 Å². The highest BCUT2D eigenvalue weighted by molar-refractivity contribution is 5.82. The summed E-state index contributed by atoms with van der Waals surface area (Å²) in [6.07, 6.45) is 11.5. The molecule has 122 valence electrons. The van der Waals surface area contributed by atoms with Gasteiger partial charge in [0.2, 0.25) is 0 Å². The van der Waals surface area contributed by atoms with Crippen LogP contribution in [-0.2, 0) is 9.53 Å². The molecule has 0 unspecified atom stereocenters. The molecule has 0 fully saturated rings. The fraction of sp³-hybridized carbons (Fsp3) is 0.550. The Labute approximate surface area is 135 Å². The summed E-state index contributed by atoms with van der Waals surface area (Å²) in [7, 11) is 0. The maximum atomic E-state index is 11.3. The zero-order valence-electron chi connectivity index (χ0n) is 15.0. The zero-order valence-corrected chi connectivity index (χ0v) is 15.0. The first kappa shape index (κ1) is 18.5. The molecule has 0 saturated heterocycles. The molecular weight excluding hydrogens is 274 g/mol. The first-order valence-electron chi connectivity index (χ1n) is 8.18. The standard InChI is InChI=1S/C20H30O2/c1-7-22-19(21)13-11-16(3)15(2)10-12-18-17(4)9-8-14-20(18,5)6/h10-13H,7-9,14H2,1-6H3/b12-10+,13-11+,16-15+/i3+1,19+1. The van der Waals surface area contributed by atoms with Crippen LogP contribution in [0.5, 0.6) is 0 Å². The molecule has 0 aromatic carbocycles. The molecule has 0 spiro atoms. The van der Waals surface area contributed by atoms with Gasteiger partial charge in [-0.3, -0.25) is 0 Å². The van der Waals surface area contributed by atoms with Crippen LogP contribution < -0.4 is 0 Å². The molecule has 1 aliphatic rings. The monoisotopic (exact) mass is 304 g/mol. The van der Waals surface area contributed by atoms with Crippen molar-refractivity contribution in [3.05, 3.63) is 46.6 Å². The van der Waals surface area contributed by atoms with Crippen LogP contribution in [0, 0.1) is 5.41 Å². The Balaban J connectivity index is 2.88. The van der Waals surface area contributed by atoms with Crippen molar-refractivity contribution >= 4 is 5.97 Å². The fourth-order valence-corrected chi connectivity index (χ4v) is 2.86. The third-order valence-corrected chi connectivity index (χ3v) is 4.42. The second-order valence-electron chi connectivity index (χ2n) is 6.72. The quantitative estimate of drug-likeness (QED) is 0.289. The van der Waals surface area contributed by atoms with E-state index in [1.807, 2.05) is 19.9 Å². The number of rotatable bonds is 5. The first-order chi connectivity index (χ1) is 10.3. The summed E-state index contributed by atoms with van der Waals surface area (Å²) in [5.41, 5.74) is 5.46. The maximum absolute atomic E-state index is 11.3. The van der Waals surface area contributed by atoms with E-state index in [1.54, 1.807) is 0 Å². The van der Waals surface area contributed by atoms with Crippen LogP contribution in [0.2, 0.25) is 0 Å². The second-order valence-corrected chi connectivity index (χ2v) is 6.72. The van der Waals surface area contributed by atoms with Crippen LogP contribution in [0.25, 0.3) is 0 Å². The fourth-order valence-electron chi connectivity index (χ4n) is 2.86. The number of hydrogen-bond donors (Lipinski definition) is 0. The van der Waals surface area contributed by atoms with E-state index in [2.05, 4.69) is 39.8 Å². The van der Waals surface area contributed by atoms with Crippen LogP contribution >= 0.6 is 0 Å². The minimum absolute atomic E-state index is 0.258. The number of carbonyl (C=O) groups is 1. The van der Waals surface area contributed by atoms with Crippen LogP contribution in [0.1, 0.15) is 60.8 Å². The lowest BCUT2D eigenvalue weighted by atomic mass is 9.72. The third-order valence-electron chi connectivity index (χ3n) is 4.42. The number of hydrogen-bond acceptors (Lipinski definition) is 2. The van der Waals surface area contributed by atoms with Crippen molar-refractivity contribution in [1.29, 1.82) is 0 Å². The highest BCUT2D eigenvalue weighted by atomic mass is 16.6. The average molecular weight is 304 g/mol. The predicted octanol–water partition coefficient (Wildman–Crippen LogP) is 5.52. The zero-order chi connectivity index (χ0) is 16.8. The average Bonchev–Trinajstić information content (AvgIpc) is 2.43. The highest BCUT2D eigenvalue weighted by Gasteiger charge is 2.26. The van der Waals surface area contributed by atoms with Gasteiger partial charge in [0.05, 0.1) is 6.61 Å². The summed E-state index contributed by atoms with van der Waals surface area (Å²) in [6, 6.07) is 0. The maximum Gasteiger partial charge on any atom is 0.330 e. The molecule has 2 nitrogen and oxygen atoms in total. The summed E-state index contributed by atoms with van der Waals surface area (Å²) < 4.78 is 4.89. The molecular formula is C20H30O2. The Morgan fingerprint density at radius 1 is 1.18 bits per heavy atom. The van der Waals surface area contributed by atoms with Gasteiger partial charge in [-0.05, 0) is 69.1 Å². The normalized spacial score (nSPS) is 19.7. The van der Waals surface area contributed by atoms with E-state index < -0.39 is 0 Å². The Morgan fingerprint density at radius 2 is 1.82 bits per heavy atom. The molecule has 1 rings (SSSR count). The van der Waals surface area contributed by atoms with Gasteiger partial charge in [0.1, 0.15) is 0 Å². The van der Waals surface area contributed by atoms with E-state index in [0.29, 0.717) is 6.61 Å². The smallest absolute Gasteiger partial charge is 0.330 e. The lowest BCUT2D eigenvalue weighted by Crippen LogP contribution is -2.19. The minimum Gasteiger partial charge on any atom is -0.463 e. The Hall–Kier alpha value is -1.57. The highest BCUT2D eigenvalue weighted by Crippen LogP contribution is 2.40. The van der Waals surface area contributed by atoms with Crippen molar-refractivity contribution in [2.24, 2.45) is 5.41 Å². The molecule has 0 heterocycles. The van der Waals surface area contributed by atoms with Crippen molar-refractivity contribution < 1.29 is 9.53 Å². The topological polar surface area (TPSA) is 26.3 Å². The van der Waals surface area contributed by atoms with Crippen molar-refractivity contribution in [2.45, 2.75) is 60.8 Å². The molecule has 2 heteroatoms. The van der Waals surface area contributed by atoms with E-state index in [0.717, 1.165) is 5.57 Å². The van der Waals surface area contributed by atoms with E-state index in [1.165, 1.54) is 42.1 Å². The summed E-state index contributed by atoms with van der Waals surface area (Å²) in [4.78, 5) is 11.3. The van der Waals surface area contributed by atoms with Gasteiger partial charge in [-0.2, -0.15) is 0 Å². The van der Waals surface area contributed by atoms with E-state index in [9.17, 15) is 4.79 Å². The summed E-state index contributed by atoms with van der Waals surface area (Å²) in [5.74, 6) is -0.286. The molecule has 0 saturated carbocycles. The van der Waals surface area contributed by atoms with Crippen molar-refractivity contribution in [3.63, 3.8) is 0 Å². The molecule has 0 atom stereocenters. The van der Waals surface area contributed by atoms with Crippen molar-refractivity contribution in [3.8, 4) is 0 Å². The Bertz CT molecular complexity index is 528. The molecule has 0 aromatic heterocycles. The largest absolute Gasteiger partial charge is 0.463 e. The lowest BCUT2D eigenvalue weighted by Gasteiger charge is -2.33. The van der Waals surface area contributed by atoms with Crippen molar-refractivity contribution in [1.82, 2.24) is 0 Å². The summed E-state index contributed by atoms with van der Waals surface area (Å²) >= 11 is 0. The molecule has 0 N–H and O–H groups in total. The molecule has 0 bridgehead atoms. The van der Waals surface area contributed by atoms with Gasteiger partial charge in [0, 0.05) is 6.08 Å². The van der Waals surface area contributed by atoms with Gasteiger partial charge < -0.3 is 4.74 Å². The van der Waals surface area contributed by atoms with E-state index >= 15 is 0 Å². The molecule has 0 amide bonds. The second kappa shape index (κ2) is 8.17. The van der Waals surface area contributed by atoms with E-state index in [-0.39, 0.29) is 11.4 Å². The predicted molar refractivity (Wildman–Crippen MR) is 93.6 cm³/mol. The van der Waals surface area contributed by atoms with E-state index in [4.69, 9.17) is 4.74 Å². The lowest BCUT2D eigenvalue weighted by molar-refractivity contribution is -0.137. The first-order valence-corrected chi connectivity index (χ1v) is 8.18. The van der Waals surface area contributed by atoms with Gasteiger partial charge >= 0.3 is 5.97 Å². The SMILES string of the molecule is CCO[13C](=O)/C=C/C([13CH3])=C(C)/C=C/C1=C(C)CCCC1(C)C. The minimum atomic E-state index is -0.286. The third kappa shape index (κ3) is 5.32. The number of allylic oxidation sites excluding steroid dienone is 7. The summed E-state index contributed by atoms with van der Waals surface area (Å²) in [6.45, 7) is 13.2. The molecule has 0 aromatic rings. The Morgan fingerprint density at radius 3 is 2.41 bits per heavy atom. The number of ether oxygens (including phenoxy) is 1. The van der Waals surface area contributed by atoms with Crippen LogP contribution in [0.15, 0.2) is 46.6 Å². The molecule has 1 aliphatic carbocycles. The van der Waals surface area contributed by atoms with Gasteiger partial charge in [-0.25, -0.2) is 4.79 Å². The molecule has 0 aliphatic heterocycles. The number of carbonyl (C=O) groups excluding carboxylic acids is 1.